The van der Waals surface area contributed by atoms with Crippen molar-refractivity contribution >= 4 is 11.9 Å². The van der Waals surface area contributed by atoms with E-state index in [9.17, 15) is 9.59 Å². The van der Waals surface area contributed by atoms with Crippen LogP contribution in [0.2, 0.25) is 0 Å². The number of hydrogen-bond donors (Lipinski definition) is 2. The topological polar surface area (TPSA) is 76.7 Å². The van der Waals surface area contributed by atoms with Crippen LogP contribution in [0.3, 0.4) is 0 Å². The van der Waals surface area contributed by atoms with Crippen molar-refractivity contribution in [1.82, 2.24) is 10.6 Å². The van der Waals surface area contributed by atoms with E-state index >= 15 is 0 Å². The Bertz CT molecular complexity index is 705. The fraction of sp³-hybridized carbons (Fsp3) is 0.652. The number of rotatable bonds is 8. The normalized spacial score (nSPS) is 26.2. The number of amides is 1. The second kappa shape index (κ2) is 8.84. The van der Waals surface area contributed by atoms with Gasteiger partial charge in [-0.2, -0.15) is 0 Å². The maximum Gasteiger partial charge on any atom is 0.329 e. The molecule has 3 rings (SSSR count). The van der Waals surface area contributed by atoms with Crippen LogP contribution < -0.4 is 10.6 Å². The first-order chi connectivity index (χ1) is 13.7. The van der Waals surface area contributed by atoms with Crippen LogP contribution in [0.25, 0.3) is 0 Å². The molecule has 6 heteroatoms. The summed E-state index contributed by atoms with van der Waals surface area (Å²) >= 11 is 0. The number of fused-ring (bicyclic) bond motifs is 1. The molecule has 1 unspecified atom stereocenters. The van der Waals surface area contributed by atoms with Gasteiger partial charge in [-0.3, -0.25) is 4.79 Å². The predicted octanol–water partition coefficient (Wildman–Crippen LogP) is 2.46. The van der Waals surface area contributed by atoms with Crippen LogP contribution in [0.15, 0.2) is 30.3 Å². The van der Waals surface area contributed by atoms with E-state index in [2.05, 4.69) is 10.6 Å². The average molecular weight is 403 g/mol. The zero-order valence-electron chi connectivity index (χ0n) is 18.1. The highest BCUT2D eigenvalue weighted by Crippen LogP contribution is 2.42. The number of carbonyl (C=O) groups is 2. The number of ether oxygens (including phenoxy) is 2. The molecule has 0 bridgehead atoms. The maximum absolute atomic E-state index is 13.0. The molecule has 1 aliphatic carbocycles. The van der Waals surface area contributed by atoms with E-state index in [0.29, 0.717) is 12.5 Å². The van der Waals surface area contributed by atoms with E-state index in [1.54, 1.807) is 7.11 Å². The van der Waals surface area contributed by atoms with Crippen LogP contribution in [-0.2, 0) is 25.5 Å². The largest absolute Gasteiger partial charge is 0.458 e. The van der Waals surface area contributed by atoms with Crippen LogP contribution in [-0.4, -0.2) is 48.8 Å². The zero-order valence-corrected chi connectivity index (χ0v) is 18.1. The lowest BCUT2D eigenvalue weighted by Crippen LogP contribution is -2.52. The number of benzene rings is 1. The first kappa shape index (κ1) is 21.8. The van der Waals surface area contributed by atoms with E-state index in [-0.39, 0.29) is 24.0 Å². The molecular weight excluding hydrogens is 368 g/mol. The molecule has 2 fully saturated rings. The van der Waals surface area contributed by atoms with Gasteiger partial charge in [-0.1, -0.05) is 37.3 Å². The average Bonchev–Trinajstić information content (AvgIpc) is 3.26. The minimum absolute atomic E-state index is 0.179. The van der Waals surface area contributed by atoms with Gasteiger partial charge in [-0.05, 0) is 45.1 Å². The van der Waals surface area contributed by atoms with E-state index < -0.39 is 17.6 Å². The van der Waals surface area contributed by atoms with Crippen molar-refractivity contribution in [3.63, 3.8) is 0 Å². The summed E-state index contributed by atoms with van der Waals surface area (Å²) in [5.41, 5.74) is 0.351. The van der Waals surface area contributed by atoms with Gasteiger partial charge in [0.05, 0.1) is 12.0 Å². The fourth-order valence-electron chi connectivity index (χ4n) is 4.20. The molecule has 2 aliphatic rings. The Balaban J connectivity index is 1.67. The van der Waals surface area contributed by atoms with Crippen molar-refractivity contribution in [2.75, 3.05) is 7.11 Å². The number of carbonyl (C=O) groups excluding carboxylic acids is 2. The molecule has 6 atom stereocenters. The Morgan fingerprint density at radius 1 is 1.21 bits per heavy atom. The first-order valence-electron chi connectivity index (χ1n) is 10.5. The first-order valence-corrected chi connectivity index (χ1v) is 10.5. The Labute approximate surface area is 173 Å². The Morgan fingerprint density at radius 2 is 1.90 bits per heavy atom. The number of piperidine rings is 1. The number of nitrogens with one attached hydrogen (secondary N) is 2. The molecule has 1 saturated carbocycles. The van der Waals surface area contributed by atoms with Crippen molar-refractivity contribution < 1.29 is 19.1 Å². The third-order valence-corrected chi connectivity index (χ3v) is 5.77. The molecule has 0 aromatic heterocycles. The third kappa shape index (κ3) is 5.80. The second-order valence-electron chi connectivity index (χ2n) is 9.38. The zero-order chi connectivity index (χ0) is 21.2. The molecule has 1 heterocycles. The molecule has 1 aromatic carbocycles. The Hall–Kier alpha value is -1.92. The molecule has 1 aliphatic heterocycles. The molecule has 6 nitrogen and oxygen atoms in total. The smallest absolute Gasteiger partial charge is 0.329 e. The van der Waals surface area contributed by atoms with Crippen LogP contribution >= 0.6 is 0 Å². The summed E-state index contributed by atoms with van der Waals surface area (Å²) in [7, 11) is 1.65. The van der Waals surface area contributed by atoms with Crippen molar-refractivity contribution in [3.8, 4) is 0 Å². The van der Waals surface area contributed by atoms with Gasteiger partial charge in [-0.15, -0.1) is 0 Å². The van der Waals surface area contributed by atoms with Crippen LogP contribution in [0, 0.1) is 11.8 Å². The number of methoxy groups -OCH3 is 1. The summed E-state index contributed by atoms with van der Waals surface area (Å²) < 4.78 is 11.2. The van der Waals surface area contributed by atoms with Crippen molar-refractivity contribution in [2.24, 2.45) is 11.8 Å². The molecule has 0 spiro atoms. The van der Waals surface area contributed by atoms with Gasteiger partial charge >= 0.3 is 5.97 Å². The van der Waals surface area contributed by atoms with Gasteiger partial charge in [0.15, 0.2) is 0 Å². The van der Waals surface area contributed by atoms with Crippen LogP contribution in [0.5, 0.6) is 0 Å². The molecule has 0 radical (unpaired) electrons. The van der Waals surface area contributed by atoms with Crippen molar-refractivity contribution in [3.05, 3.63) is 35.9 Å². The van der Waals surface area contributed by atoms with Crippen molar-refractivity contribution in [2.45, 2.75) is 76.8 Å². The summed E-state index contributed by atoms with van der Waals surface area (Å²) in [4.78, 5) is 25.8. The number of hydrogen-bond acceptors (Lipinski definition) is 5. The van der Waals surface area contributed by atoms with Gasteiger partial charge in [0.25, 0.3) is 0 Å². The molecule has 2 N–H and O–H groups in total. The predicted molar refractivity (Wildman–Crippen MR) is 111 cm³/mol. The maximum atomic E-state index is 13.0. The minimum atomic E-state index is -0.742. The molecular formula is C23H34N2O4. The highest BCUT2D eigenvalue weighted by molar-refractivity contribution is 5.86. The van der Waals surface area contributed by atoms with E-state index in [4.69, 9.17) is 9.47 Å². The SMILES string of the molecule is CO[C@@H]([C@@H]1C[C@@H]2C[C@@H]2N1)[C@@H](C)C(=O)NC(Cc1ccccc1)C(=O)OC(C)(C)C. The minimum Gasteiger partial charge on any atom is -0.458 e. The van der Waals surface area contributed by atoms with Crippen LogP contribution in [0.1, 0.15) is 46.1 Å². The van der Waals surface area contributed by atoms with Crippen molar-refractivity contribution in [1.29, 1.82) is 0 Å². The highest BCUT2D eigenvalue weighted by atomic mass is 16.6. The lowest BCUT2D eigenvalue weighted by Gasteiger charge is -2.30. The van der Waals surface area contributed by atoms with Gasteiger partial charge < -0.3 is 20.1 Å². The fourth-order valence-corrected chi connectivity index (χ4v) is 4.20. The van der Waals surface area contributed by atoms with Gasteiger partial charge in [-0.25, -0.2) is 4.79 Å². The highest BCUT2D eigenvalue weighted by Gasteiger charge is 2.49. The second-order valence-corrected chi connectivity index (χ2v) is 9.38. The lowest BCUT2D eigenvalue weighted by atomic mass is 9.94. The number of esters is 1. The third-order valence-electron chi connectivity index (χ3n) is 5.77. The van der Waals surface area contributed by atoms with Gasteiger partial charge in [0.1, 0.15) is 11.6 Å². The molecule has 1 amide bonds. The Morgan fingerprint density at radius 3 is 2.45 bits per heavy atom. The van der Waals surface area contributed by atoms with E-state index in [0.717, 1.165) is 17.9 Å². The molecule has 1 aromatic rings. The molecule has 160 valence electrons. The summed E-state index contributed by atoms with van der Waals surface area (Å²) in [6, 6.07) is 9.68. The molecule has 29 heavy (non-hydrogen) atoms. The standard InChI is InChI=1S/C23H34N2O4/c1-14(20(28-5)18-13-16-12-17(16)24-18)21(26)25-19(22(27)29-23(2,3)4)11-15-9-7-6-8-10-15/h6-10,14,16-20,24H,11-13H2,1-5H3,(H,25,26)/t14-,16+,17+,18+,19?,20-/m1/s1. The Kier molecular flexibility index (Phi) is 6.64. The van der Waals surface area contributed by atoms with Crippen LogP contribution in [0.4, 0.5) is 0 Å². The van der Waals surface area contributed by atoms with E-state index in [1.165, 1.54) is 6.42 Å². The quantitative estimate of drug-likeness (QED) is 0.653. The molecule has 1 saturated heterocycles. The lowest BCUT2D eigenvalue weighted by molar-refractivity contribution is -0.159. The van der Waals surface area contributed by atoms with Gasteiger partial charge in [0.2, 0.25) is 5.91 Å². The summed E-state index contributed by atoms with van der Waals surface area (Å²) in [5, 5.41) is 6.49. The monoisotopic (exact) mass is 402 g/mol. The summed E-state index contributed by atoms with van der Waals surface area (Å²) in [6.45, 7) is 7.34. The summed E-state index contributed by atoms with van der Waals surface area (Å²) in [5.74, 6) is -0.265. The van der Waals surface area contributed by atoms with E-state index in [1.807, 2.05) is 58.0 Å². The van der Waals surface area contributed by atoms with Gasteiger partial charge in [0, 0.05) is 25.6 Å². The summed E-state index contributed by atoms with van der Waals surface area (Å²) in [6.07, 6.45) is 2.43.